The highest BCUT2D eigenvalue weighted by Gasteiger charge is 2.22. The summed E-state index contributed by atoms with van der Waals surface area (Å²) in [5.41, 5.74) is 3.03. The number of oxime groups is 1. The van der Waals surface area contributed by atoms with Crippen molar-refractivity contribution in [1.82, 2.24) is 4.90 Å². The number of piperidine rings is 1. The summed E-state index contributed by atoms with van der Waals surface area (Å²) in [5, 5.41) is 12.2. The monoisotopic (exact) mass is 250 g/mol. The van der Waals surface area contributed by atoms with E-state index in [-0.39, 0.29) is 11.7 Å². The maximum atomic E-state index is 13.0. The molecule has 0 spiro atoms. The van der Waals surface area contributed by atoms with Crippen LogP contribution in [0.2, 0.25) is 0 Å². The predicted octanol–water partition coefficient (Wildman–Crippen LogP) is 2.81. The van der Waals surface area contributed by atoms with E-state index in [1.165, 1.54) is 6.07 Å². The van der Waals surface area contributed by atoms with E-state index in [0.29, 0.717) is 0 Å². The molecule has 1 aliphatic heterocycles. The molecule has 0 aromatic heterocycles. The zero-order valence-electron chi connectivity index (χ0n) is 10.9. The lowest BCUT2D eigenvalue weighted by Crippen LogP contribution is -2.39. The average Bonchev–Trinajstić information content (AvgIpc) is 2.33. The number of aryl methyl sites for hydroxylation is 1. The Morgan fingerprint density at radius 2 is 2.28 bits per heavy atom. The predicted molar refractivity (Wildman–Crippen MR) is 69.4 cm³/mol. The number of hydrogen-bond donors (Lipinski definition) is 1. The maximum Gasteiger partial charge on any atom is 0.123 e. The number of hydrogen-bond acceptors (Lipinski definition) is 3. The zero-order chi connectivity index (χ0) is 13.1. The molecule has 1 heterocycles. The molecule has 1 aromatic rings. The molecule has 0 aliphatic carbocycles. The van der Waals surface area contributed by atoms with Crippen LogP contribution in [0.3, 0.4) is 0 Å². The molecular formula is C14H19FN2O. The fourth-order valence-electron chi connectivity index (χ4n) is 2.47. The number of halogens is 1. The van der Waals surface area contributed by atoms with Gasteiger partial charge in [0.1, 0.15) is 5.82 Å². The van der Waals surface area contributed by atoms with Crippen molar-refractivity contribution >= 4 is 5.71 Å². The molecule has 1 aromatic carbocycles. The molecule has 0 bridgehead atoms. The molecule has 3 nitrogen and oxygen atoms in total. The fraction of sp³-hybridized carbons (Fsp3) is 0.500. The number of likely N-dealkylation sites (tertiary alicyclic amines) is 1. The summed E-state index contributed by atoms with van der Waals surface area (Å²) < 4.78 is 13.0. The highest BCUT2D eigenvalue weighted by atomic mass is 19.1. The first kappa shape index (κ1) is 13.0. The fourth-order valence-corrected chi connectivity index (χ4v) is 2.47. The van der Waals surface area contributed by atoms with Crippen molar-refractivity contribution in [3.63, 3.8) is 0 Å². The third kappa shape index (κ3) is 2.88. The first-order valence-electron chi connectivity index (χ1n) is 6.28. The molecule has 1 fully saturated rings. The van der Waals surface area contributed by atoms with Gasteiger partial charge in [-0.1, -0.05) is 18.1 Å². The summed E-state index contributed by atoms with van der Waals surface area (Å²) in [6.07, 6.45) is 0.803. The minimum Gasteiger partial charge on any atom is -0.411 e. The van der Waals surface area contributed by atoms with Crippen LogP contribution in [0.25, 0.3) is 0 Å². The molecule has 0 amide bonds. The molecule has 2 rings (SSSR count). The van der Waals surface area contributed by atoms with Crippen LogP contribution in [0, 0.1) is 18.7 Å². The number of benzene rings is 1. The molecule has 0 saturated carbocycles. The van der Waals surface area contributed by atoms with Crippen molar-refractivity contribution in [2.45, 2.75) is 26.8 Å². The van der Waals surface area contributed by atoms with Gasteiger partial charge in [0.2, 0.25) is 0 Å². The second-order valence-electron chi connectivity index (χ2n) is 5.05. The normalized spacial score (nSPS) is 23.5. The summed E-state index contributed by atoms with van der Waals surface area (Å²) in [4.78, 5) is 2.32. The summed E-state index contributed by atoms with van der Waals surface area (Å²) in [5.74, 6) is 0.0995. The van der Waals surface area contributed by atoms with Crippen molar-refractivity contribution in [3.05, 3.63) is 35.1 Å². The van der Waals surface area contributed by atoms with Crippen LogP contribution in [0.5, 0.6) is 0 Å². The van der Waals surface area contributed by atoms with Crippen molar-refractivity contribution < 1.29 is 9.60 Å². The molecular weight excluding hydrogens is 231 g/mol. The molecule has 1 saturated heterocycles. The van der Waals surface area contributed by atoms with E-state index in [9.17, 15) is 4.39 Å². The van der Waals surface area contributed by atoms with E-state index < -0.39 is 0 Å². The van der Waals surface area contributed by atoms with Gasteiger partial charge in [0.05, 0.1) is 5.71 Å². The van der Waals surface area contributed by atoms with Crippen LogP contribution in [0.1, 0.15) is 24.5 Å². The van der Waals surface area contributed by atoms with Crippen LogP contribution in [-0.2, 0) is 6.54 Å². The van der Waals surface area contributed by atoms with Crippen molar-refractivity contribution in [2.24, 2.45) is 11.1 Å². The van der Waals surface area contributed by atoms with Crippen LogP contribution in [-0.4, -0.2) is 28.9 Å². The van der Waals surface area contributed by atoms with Gasteiger partial charge in [0, 0.05) is 32.0 Å². The molecule has 1 aliphatic rings. The van der Waals surface area contributed by atoms with Crippen molar-refractivity contribution in [2.75, 3.05) is 13.1 Å². The standard InChI is InChI=1S/C14H19FN2O/c1-10-7-13(15)4-3-12(10)9-17-6-5-14(16-18)11(2)8-17/h3-4,7,11,18H,5-6,8-9H2,1-2H3/b16-14+. The third-order valence-corrected chi connectivity index (χ3v) is 3.61. The van der Waals surface area contributed by atoms with E-state index in [4.69, 9.17) is 5.21 Å². The largest absolute Gasteiger partial charge is 0.411 e. The minimum atomic E-state index is -0.182. The second kappa shape index (κ2) is 5.48. The van der Waals surface area contributed by atoms with Crippen LogP contribution in [0.15, 0.2) is 23.4 Å². The second-order valence-corrected chi connectivity index (χ2v) is 5.05. The van der Waals surface area contributed by atoms with E-state index in [0.717, 1.165) is 42.9 Å². The first-order chi connectivity index (χ1) is 8.60. The first-order valence-corrected chi connectivity index (χ1v) is 6.28. The van der Waals surface area contributed by atoms with E-state index >= 15 is 0 Å². The van der Waals surface area contributed by atoms with Gasteiger partial charge in [0.25, 0.3) is 0 Å². The van der Waals surface area contributed by atoms with Crippen LogP contribution >= 0.6 is 0 Å². The Kier molecular flexibility index (Phi) is 3.97. The van der Waals surface area contributed by atoms with E-state index in [1.54, 1.807) is 6.07 Å². The van der Waals surface area contributed by atoms with Gasteiger partial charge in [-0.2, -0.15) is 0 Å². The average molecular weight is 250 g/mol. The van der Waals surface area contributed by atoms with Gasteiger partial charge in [-0.15, -0.1) is 0 Å². The van der Waals surface area contributed by atoms with Crippen molar-refractivity contribution in [1.29, 1.82) is 0 Å². The lowest BCUT2D eigenvalue weighted by atomic mass is 9.97. The molecule has 0 radical (unpaired) electrons. The van der Waals surface area contributed by atoms with E-state index in [1.807, 2.05) is 13.0 Å². The quantitative estimate of drug-likeness (QED) is 0.647. The highest BCUT2D eigenvalue weighted by molar-refractivity contribution is 5.86. The van der Waals surface area contributed by atoms with Gasteiger partial charge in [-0.3, -0.25) is 4.90 Å². The van der Waals surface area contributed by atoms with Gasteiger partial charge < -0.3 is 5.21 Å². The molecule has 18 heavy (non-hydrogen) atoms. The third-order valence-electron chi connectivity index (χ3n) is 3.61. The topological polar surface area (TPSA) is 35.8 Å². The molecule has 1 N–H and O–H groups in total. The van der Waals surface area contributed by atoms with Crippen LogP contribution < -0.4 is 0 Å². The number of nitrogens with zero attached hydrogens (tertiary/aromatic N) is 2. The summed E-state index contributed by atoms with van der Waals surface area (Å²) in [6, 6.07) is 4.94. The molecule has 1 unspecified atom stereocenters. The minimum absolute atomic E-state index is 0.182. The maximum absolute atomic E-state index is 13.0. The van der Waals surface area contributed by atoms with Gasteiger partial charge in [0.15, 0.2) is 0 Å². The Bertz CT molecular complexity index is 459. The molecule has 4 heteroatoms. The Balaban J connectivity index is 2.02. The summed E-state index contributed by atoms with van der Waals surface area (Å²) >= 11 is 0. The zero-order valence-corrected chi connectivity index (χ0v) is 10.9. The van der Waals surface area contributed by atoms with E-state index in [2.05, 4.69) is 17.0 Å². The highest BCUT2D eigenvalue weighted by Crippen LogP contribution is 2.18. The SMILES string of the molecule is Cc1cc(F)ccc1CN1CC/C(=N\O)C(C)C1. The number of rotatable bonds is 2. The van der Waals surface area contributed by atoms with Gasteiger partial charge in [-0.05, 0) is 30.2 Å². The lowest BCUT2D eigenvalue weighted by molar-refractivity contribution is 0.228. The van der Waals surface area contributed by atoms with Gasteiger partial charge in [-0.25, -0.2) is 4.39 Å². The van der Waals surface area contributed by atoms with Crippen molar-refractivity contribution in [3.8, 4) is 0 Å². The molecule has 98 valence electrons. The van der Waals surface area contributed by atoms with Gasteiger partial charge >= 0.3 is 0 Å². The Morgan fingerprint density at radius 3 is 2.89 bits per heavy atom. The van der Waals surface area contributed by atoms with Crippen LogP contribution in [0.4, 0.5) is 4.39 Å². The Labute approximate surface area is 107 Å². The lowest BCUT2D eigenvalue weighted by Gasteiger charge is -2.31. The summed E-state index contributed by atoms with van der Waals surface area (Å²) in [6.45, 7) is 6.61. The Morgan fingerprint density at radius 1 is 1.50 bits per heavy atom. The Hall–Kier alpha value is -1.42. The summed E-state index contributed by atoms with van der Waals surface area (Å²) in [7, 11) is 0. The molecule has 1 atom stereocenters. The smallest absolute Gasteiger partial charge is 0.123 e.